The molecule has 4 N–H and O–H groups in total. The van der Waals surface area contributed by atoms with Crippen LogP contribution in [0.25, 0.3) is 0 Å². The molecule has 1 amide bonds. The Balaban J connectivity index is 1.82. The van der Waals surface area contributed by atoms with Crippen LogP contribution in [-0.2, 0) is 24.2 Å². The zero-order chi connectivity index (χ0) is 16.7. The number of ether oxygens (including phenoxy) is 1. The van der Waals surface area contributed by atoms with E-state index in [0.717, 1.165) is 34.9 Å². The van der Waals surface area contributed by atoms with Crippen molar-refractivity contribution in [2.45, 2.75) is 26.4 Å². The lowest BCUT2D eigenvalue weighted by atomic mass is 10.1. The number of aromatic nitrogens is 1. The highest BCUT2D eigenvalue weighted by atomic mass is 32.1. The van der Waals surface area contributed by atoms with E-state index in [4.69, 9.17) is 10.6 Å². The molecule has 0 fully saturated rings. The van der Waals surface area contributed by atoms with Gasteiger partial charge in [-0.05, 0) is 30.9 Å². The number of hydrogen-bond donors (Lipinski definition) is 3. The minimum atomic E-state index is -0.642. The molecule has 0 spiro atoms. The molecule has 0 unspecified atom stereocenters. The van der Waals surface area contributed by atoms with Gasteiger partial charge in [0.15, 0.2) is 5.13 Å². The number of amides is 1. The third-order valence-electron chi connectivity index (χ3n) is 3.05. The van der Waals surface area contributed by atoms with Gasteiger partial charge < -0.3 is 10.1 Å². The molecule has 1 heterocycles. The smallest absolute Gasteiger partial charge is 0.421 e. The minimum absolute atomic E-state index is 0.200. The number of benzene rings is 1. The lowest BCUT2D eigenvalue weighted by molar-refractivity contribution is 0.140. The third-order valence-corrected chi connectivity index (χ3v) is 3.86. The monoisotopic (exact) mass is 332 g/mol. The maximum absolute atomic E-state index is 10.9. The molecule has 7 heteroatoms. The average molecular weight is 332 g/mol. The Bertz CT molecular complexity index is 667. The van der Waals surface area contributed by atoms with Crippen LogP contribution in [0.1, 0.15) is 23.7 Å². The van der Waals surface area contributed by atoms with E-state index in [9.17, 15) is 4.79 Å². The minimum Gasteiger partial charge on any atom is -0.444 e. The molecular formula is C16H20N4O2S. The number of hydrogen-bond acceptors (Lipinski definition) is 6. The van der Waals surface area contributed by atoms with Crippen LogP contribution in [0.4, 0.5) is 9.93 Å². The number of nitrogens with zero attached hydrogens (tertiary/aromatic N) is 1. The number of nitrogens with one attached hydrogen (secondary N) is 2. The maximum atomic E-state index is 10.9. The van der Waals surface area contributed by atoms with Gasteiger partial charge in [0.2, 0.25) is 0 Å². The van der Waals surface area contributed by atoms with E-state index in [2.05, 4.69) is 22.3 Å². The highest BCUT2D eigenvalue weighted by molar-refractivity contribution is 7.13. The normalized spacial score (nSPS) is 10.2. The Morgan fingerprint density at radius 1 is 1.30 bits per heavy atom. The summed E-state index contributed by atoms with van der Waals surface area (Å²) in [4.78, 5) is 15.4. The number of hydrazine groups is 1. The second-order valence-corrected chi connectivity index (χ2v) is 5.94. The number of nitrogens with two attached hydrogens (primary N) is 1. The number of allylic oxidation sites excluding steroid dienone is 1. The van der Waals surface area contributed by atoms with Crippen molar-refractivity contribution in [3.05, 3.63) is 58.7 Å². The number of aryl methyl sites for hydroxylation is 2. The zero-order valence-electron chi connectivity index (χ0n) is 13.0. The third kappa shape index (κ3) is 5.72. The van der Waals surface area contributed by atoms with Gasteiger partial charge in [-0.3, -0.25) is 5.43 Å². The molecule has 23 heavy (non-hydrogen) atoms. The second kappa shape index (κ2) is 8.30. The summed E-state index contributed by atoms with van der Waals surface area (Å²) in [7, 11) is 0. The molecular weight excluding hydrogens is 312 g/mol. The Morgan fingerprint density at radius 3 is 2.65 bits per heavy atom. The SMILES string of the molecule is C=C(C)Nc1nc(CCc2ccc(COC(=O)NN)cc2)cs1. The molecule has 2 aromatic rings. The first kappa shape index (κ1) is 17.0. The molecule has 0 aliphatic rings. The van der Waals surface area contributed by atoms with E-state index in [1.54, 1.807) is 11.3 Å². The first-order valence-corrected chi connectivity index (χ1v) is 8.03. The predicted molar refractivity (Wildman–Crippen MR) is 91.9 cm³/mol. The van der Waals surface area contributed by atoms with Gasteiger partial charge in [-0.2, -0.15) is 0 Å². The number of carbonyl (C=O) groups is 1. The second-order valence-electron chi connectivity index (χ2n) is 5.09. The topological polar surface area (TPSA) is 89.3 Å². The van der Waals surface area contributed by atoms with Crippen molar-refractivity contribution >= 4 is 22.6 Å². The first-order valence-electron chi connectivity index (χ1n) is 7.15. The van der Waals surface area contributed by atoms with E-state index in [1.807, 2.05) is 36.6 Å². The van der Waals surface area contributed by atoms with Crippen LogP contribution in [0, 0.1) is 0 Å². The van der Waals surface area contributed by atoms with Crippen molar-refractivity contribution in [3.63, 3.8) is 0 Å². The van der Waals surface area contributed by atoms with E-state index in [1.165, 1.54) is 5.56 Å². The van der Waals surface area contributed by atoms with Crippen molar-refractivity contribution in [2.75, 3.05) is 5.32 Å². The fourth-order valence-corrected chi connectivity index (χ4v) is 2.75. The van der Waals surface area contributed by atoms with Crippen molar-refractivity contribution in [1.29, 1.82) is 0 Å². The highest BCUT2D eigenvalue weighted by Crippen LogP contribution is 2.18. The summed E-state index contributed by atoms with van der Waals surface area (Å²) in [6.07, 6.45) is 1.14. The number of thiazole rings is 1. The van der Waals surface area contributed by atoms with Crippen molar-refractivity contribution in [2.24, 2.45) is 5.84 Å². The highest BCUT2D eigenvalue weighted by Gasteiger charge is 2.04. The molecule has 122 valence electrons. The first-order chi connectivity index (χ1) is 11.1. The fraction of sp³-hybridized carbons (Fsp3) is 0.250. The Morgan fingerprint density at radius 2 is 2.00 bits per heavy atom. The van der Waals surface area contributed by atoms with Gasteiger partial charge in [0.1, 0.15) is 6.61 Å². The van der Waals surface area contributed by atoms with Crippen molar-refractivity contribution in [1.82, 2.24) is 10.4 Å². The Labute approximate surface area is 139 Å². The van der Waals surface area contributed by atoms with Gasteiger partial charge in [0.05, 0.1) is 5.69 Å². The molecule has 1 aromatic heterocycles. The molecule has 6 nitrogen and oxygen atoms in total. The van der Waals surface area contributed by atoms with E-state index in [0.29, 0.717) is 0 Å². The van der Waals surface area contributed by atoms with E-state index in [-0.39, 0.29) is 6.61 Å². The lowest BCUT2D eigenvalue weighted by Crippen LogP contribution is -2.30. The molecule has 0 aliphatic heterocycles. The van der Waals surface area contributed by atoms with Gasteiger partial charge in [-0.15, -0.1) is 11.3 Å². The fourth-order valence-electron chi connectivity index (χ4n) is 1.93. The summed E-state index contributed by atoms with van der Waals surface area (Å²) >= 11 is 1.58. The van der Waals surface area contributed by atoms with Crippen LogP contribution in [-0.4, -0.2) is 11.1 Å². The number of anilines is 1. The van der Waals surface area contributed by atoms with Crippen LogP contribution in [0.2, 0.25) is 0 Å². The van der Waals surface area contributed by atoms with E-state index >= 15 is 0 Å². The molecule has 0 atom stereocenters. The van der Waals surface area contributed by atoms with Gasteiger partial charge in [0, 0.05) is 11.1 Å². The molecule has 0 radical (unpaired) electrons. The summed E-state index contributed by atoms with van der Waals surface area (Å²) < 4.78 is 4.88. The molecule has 2 rings (SSSR count). The van der Waals surface area contributed by atoms with Gasteiger partial charge >= 0.3 is 6.09 Å². The summed E-state index contributed by atoms with van der Waals surface area (Å²) in [5.41, 5.74) is 5.99. The lowest BCUT2D eigenvalue weighted by Gasteiger charge is -2.05. The summed E-state index contributed by atoms with van der Waals surface area (Å²) in [6, 6.07) is 7.93. The molecule has 0 saturated carbocycles. The maximum Gasteiger partial charge on any atom is 0.421 e. The molecule has 0 bridgehead atoms. The Kier molecular flexibility index (Phi) is 6.13. The summed E-state index contributed by atoms with van der Waals surface area (Å²) in [5, 5.41) is 6.04. The summed E-state index contributed by atoms with van der Waals surface area (Å²) in [6.45, 7) is 5.91. The van der Waals surface area contributed by atoms with Crippen molar-refractivity contribution < 1.29 is 9.53 Å². The number of carbonyl (C=O) groups excluding carboxylic acids is 1. The van der Waals surface area contributed by atoms with E-state index < -0.39 is 6.09 Å². The quantitative estimate of drug-likeness (QED) is 0.412. The number of rotatable bonds is 7. The van der Waals surface area contributed by atoms with Crippen LogP contribution in [0.15, 0.2) is 41.9 Å². The Hall–Kier alpha value is -2.38. The zero-order valence-corrected chi connectivity index (χ0v) is 13.8. The predicted octanol–water partition coefficient (Wildman–Crippen LogP) is 2.97. The standard InChI is InChI=1S/C16H20N4O2S/c1-11(2)18-15-19-14(10-23-15)8-7-12-3-5-13(6-4-12)9-22-16(21)20-17/h3-6,10H,1,7-9,17H2,2H3,(H,18,19)(H,20,21). The van der Waals surface area contributed by atoms with Gasteiger partial charge in [-0.1, -0.05) is 30.8 Å². The van der Waals surface area contributed by atoms with Crippen molar-refractivity contribution in [3.8, 4) is 0 Å². The molecule has 1 aromatic carbocycles. The van der Waals surface area contributed by atoms with Crippen LogP contribution >= 0.6 is 11.3 Å². The van der Waals surface area contributed by atoms with Gasteiger partial charge in [-0.25, -0.2) is 15.6 Å². The van der Waals surface area contributed by atoms with Crippen LogP contribution in [0.5, 0.6) is 0 Å². The average Bonchev–Trinajstić information content (AvgIpc) is 2.98. The van der Waals surface area contributed by atoms with Gasteiger partial charge in [0.25, 0.3) is 0 Å². The summed E-state index contributed by atoms with van der Waals surface area (Å²) in [5.74, 6) is 4.94. The molecule has 0 saturated heterocycles. The largest absolute Gasteiger partial charge is 0.444 e. The van der Waals surface area contributed by atoms with Crippen LogP contribution in [0.3, 0.4) is 0 Å². The van der Waals surface area contributed by atoms with Crippen LogP contribution < -0.4 is 16.6 Å². The molecule has 0 aliphatic carbocycles.